The van der Waals surface area contributed by atoms with Gasteiger partial charge in [0.25, 0.3) is 0 Å². The van der Waals surface area contributed by atoms with Crippen molar-refractivity contribution in [2.45, 2.75) is 37.3 Å². The van der Waals surface area contributed by atoms with Crippen molar-refractivity contribution in [1.82, 2.24) is 4.90 Å². The maximum absolute atomic E-state index is 9.96. The average molecular weight is 219 g/mol. The zero-order valence-electron chi connectivity index (χ0n) is 10.1. The van der Waals surface area contributed by atoms with Crippen molar-refractivity contribution in [1.29, 1.82) is 0 Å². The van der Waals surface area contributed by atoms with Crippen LogP contribution < -0.4 is 0 Å². The molecule has 1 aliphatic carbocycles. The Kier molecular flexibility index (Phi) is 3.62. The molecule has 1 aromatic carbocycles. The summed E-state index contributed by atoms with van der Waals surface area (Å²) in [5, 5.41) is 9.96. The third-order valence-electron chi connectivity index (χ3n) is 3.72. The summed E-state index contributed by atoms with van der Waals surface area (Å²) in [6.07, 6.45) is 2.94. The van der Waals surface area contributed by atoms with Gasteiger partial charge in [-0.05, 0) is 44.8 Å². The van der Waals surface area contributed by atoms with Gasteiger partial charge in [-0.2, -0.15) is 0 Å². The summed E-state index contributed by atoms with van der Waals surface area (Å²) in [6, 6.07) is 11.0. The molecule has 3 atom stereocenters. The lowest BCUT2D eigenvalue weighted by atomic mass is 9.79. The minimum absolute atomic E-state index is 0.157. The lowest BCUT2D eigenvalue weighted by Gasteiger charge is -2.37. The van der Waals surface area contributed by atoms with Crippen LogP contribution >= 0.6 is 0 Å². The number of benzene rings is 1. The second kappa shape index (κ2) is 4.98. The highest BCUT2D eigenvalue weighted by atomic mass is 16.3. The second-order valence-corrected chi connectivity index (χ2v) is 5.02. The molecule has 1 N–H and O–H groups in total. The quantitative estimate of drug-likeness (QED) is 0.824. The molecule has 3 unspecified atom stereocenters. The van der Waals surface area contributed by atoms with Crippen LogP contribution in [0.1, 0.15) is 30.7 Å². The van der Waals surface area contributed by atoms with Crippen molar-refractivity contribution < 1.29 is 5.11 Å². The maximum atomic E-state index is 9.96. The largest absolute Gasteiger partial charge is 0.391 e. The van der Waals surface area contributed by atoms with Gasteiger partial charge in [-0.25, -0.2) is 0 Å². The van der Waals surface area contributed by atoms with Crippen LogP contribution in [-0.2, 0) is 0 Å². The molecule has 1 fully saturated rings. The molecule has 0 aliphatic heterocycles. The number of hydrogen-bond acceptors (Lipinski definition) is 2. The Hall–Kier alpha value is -0.860. The first-order chi connectivity index (χ1) is 7.68. The van der Waals surface area contributed by atoms with Crippen molar-refractivity contribution in [2.24, 2.45) is 0 Å². The SMILES string of the molecule is CN(C)C1CC(c2ccccc2)CCC1O. The van der Waals surface area contributed by atoms with Crippen molar-refractivity contribution in [3.8, 4) is 0 Å². The Labute approximate surface area is 97.9 Å². The summed E-state index contributed by atoms with van der Waals surface area (Å²) in [4.78, 5) is 2.15. The van der Waals surface area contributed by atoms with Crippen molar-refractivity contribution in [3.63, 3.8) is 0 Å². The van der Waals surface area contributed by atoms with Gasteiger partial charge >= 0.3 is 0 Å². The van der Waals surface area contributed by atoms with Crippen molar-refractivity contribution in [2.75, 3.05) is 14.1 Å². The Morgan fingerprint density at radius 3 is 2.44 bits per heavy atom. The molecule has 0 radical (unpaired) electrons. The Morgan fingerprint density at radius 2 is 1.81 bits per heavy atom. The van der Waals surface area contributed by atoms with E-state index in [9.17, 15) is 5.11 Å². The molecule has 2 heteroatoms. The van der Waals surface area contributed by atoms with Gasteiger partial charge in [-0.3, -0.25) is 0 Å². The molecule has 2 nitrogen and oxygen atoms in total. The molecule has 0 saturated heterocycles. The fourth-order valence-electron chi connectivity index (χ4n) is 2.71. The van der Waals surface area contributed by atoms with E-state index < -0.39 is 0 Å². The molecule has 0 heterocycles. The van der Waals surface area contributed by atoms with Gasteiger partial charge in [0, 0.05) is 6.04 Å². The van der Waals surface area contributed by atoms with Crippen LogP contribution in [-0.4, -0.2) is 36.2 Å². The molecule has 0 spiro atoms. The highest BCUT2D eigenvalue weighted by Gasteiger charge is 2.30. The summed E-state index contributed by atoms with van der Waals surface area (Å²) in [5.74, 6) is 0.608. The fourth-order valence-corrected chi connectivity index (χ4v) is 2.71. The Morgan fingerprint density at radius 1 is 1.12 bits per heavy atom. The van der Waals surface area contributed by atoms with Gasteiger partial charge in [0.15, 0.2) is 0 Å². The molecule has 1 saturated carbocycles. The van der Waals surface area contributed by atoms with Gasteiger partial charge in [-0.1, -0.05) is 30.3 Å². The number of aliphatic hydroxyl groups is 1. The molecular weight excluding hydrogens is 198 g/mol. The van der Waals surface area contributed by atoms with Crippen molar-refractivity contribution in [3.05, 3.63) is 35.9 Å². The molecule has 2 rings (SSSR count). The monoisotopic (exact) mass is 219 g/mol. The van der Waals surface area contributed by atoms with Crippen LogP contribution in [0.25, 0.3) is 0 Å². The topological polar surface area (TPSA) is 23.5 Å². The average Bonchev–Trinajstić information content (AvgIpc) is 2.30. The molecule has 0 bridgehead atoms. The first-order valence-electron chi connectivity index (χ1n) is 6.08. The van der Waals surface area contributed by atoms with Crippen LogP contribution in [0.15, 0.2) is 30.3 Å². The first-order valence-corrected chi connectivity index (χ1v) is 6.08. The summed E-state index contributed by atoms with van der Waals surface area (Å²) in [7, 11) is 4.11. The standard InChI is InChI=1S/C14H21NO/c1-15(2)13-10-12(8-9-14(13)16)11-6-4-3-5-7-11/h3-7,12-14,16H,8-10H2,1-2H3. The summed E-state index contributed by atoms with van der Waals surface area (Å²) >= 11 is 0. The van der Waals surface area contributed by atoms with E-state index in [1.54, 1.807) is 0 Å². The van der Waals surface area contributed by atoms with E-state index in [1.165, 1.54) is 5.56 Å². The molecule has 88 valence electrons. The van der Waals surface area contributed by atoms with Crippen LogP contribution in [0.5, 0.6) is 0 Å². The number of rotatable bonds is 2. The third-order valence-corrected chi connectivity index (χ3v) is 3.72. The van der Waals surface area contributed by atoms with E-state index in [0.29, 0.717) is 12.0 Å². The molecule has 0 aromatic heterocycles. The summed E-state index contributed by atoms with van der Waals surface area (Å²) in [6.45, 7) is 0. The van der Waals surface area contributed by atoms with Gasteiger partial charge in [0.1, 0.15) is 0 Å². The molecule has 1 aromatic rings. The number of aliphatic hydroxyl groups excluding tert-OH is 1. The predicted molar refractivity (Wildman–Crippen MR) is 66.5 cm³/mol. The van der Waals surface area contributed by atoms with E-state index in [-0.39, 0.29) is 6.10 Å². The smallest absolute Gasteiger partial charge is 0.0695 e. The second-order valence-electron chi connectivity index (χ2n) is 5.02. The normalized spacial score (nSPS) is 30.6. The van der Waals surface area contributed by atoms with E-state index in [0.717, 1.165) is 19.3 Å². The highest BCUT2D eigenvalue weighted by Crippen LogP contribution is 2.34. The maximum Gasteiger partial charge on any atom is 0.0695 e. The highest BCUT2D eigenvalue weighted by molar-refractivity contribution is 5.20. The van der Waals surface area contributed by atoms with Crippen LogP contribution in [0.2, 0.25) is 0 Å². The lowest BCUT2D eigenvalue weighted by Crippen LogP contribution is -2.43. The summed E-state index contributed by atoms with van der Waals surface area (Å²) in [5.41, 5.74) is 1.42. The zero-order chi connectivity index (χ0) is 11.5. The zero-order valence-corrected chi connectivity index (χ0v) is 10.1. The Bertz CT molecular complexity index is 323. The first kappa shape index (κ1) is 11.6. The van der Waals surface area contributed by atoms with Gasteiger partial charge in [0.2, 0.25) is 0 Å². The fraction of sp³-hybridized carbons (Fsp3) is 0.571. The predicted octanol–water partition coefficient (Wildman–Crippen LogP) is 2.25. The van der Waals surface area contributed by atoms with Crippen molar-refractivity contribution >= 4 is 0 Å². The van der Waals surface area contributed by atoms with E-state index in [1.807, 2.05) is 0 Å². The summed E-state index contributed by atoms with van der Waals surface area (Å²) < 4.78 is 0. The molecule has 0 amide bonds. The van der Waals surface area contributed by atoms with Gasteiger partial charge in [0.05, 0.1) is 6.10 Å². The van der Waals surface area contributed by atoms with E-state index in [4.69, 9.17) is 0 Å². The van der Waals surface area contributed by atoms with Gasteiger partial charge < -0.3 is 10.0 Å². The number of nitrogens with zero attached hydrogens (tertiary/aromatic N) is 1. The van der Waals surface area contributed by atoms with E-state index in [2.05, 4.69) is 49.3 Å². The van der Waals surface area contributed by atoms with E-state index >= 15 is 0 Å². The molecular formula is C14H21NO. The van der Waals surface area contributed by atoms with Crippen LogP contribution in [0, 0.1) is 0 Å². The van der Waals surface area contributed by atoms with Crippen LogP contribution in [0.4, 0.5) is 0 Å². The number of hydrogen-bond donors (Lipinski definition) is 1. The number of likely N-dealkylation sites (N-methyl/N-ethyl adjacent to an activating group) is 1. The van der Waals surface area contributed by atoms with Crippen LogP contribution in [0.3, 0.4) is 0 Å². The Balaban J connectivity index is 2.09. The third kappa shape index (κ3) is 2.45. The molecule has 16 heavy (non-hydrogen) atoms. The van der Waals surface area contributed by atoms with Gasteiger partial charge in [-0.15, -0.1) is 0 Å². The molecule has 1 aliphatic rings. The minimum atomic E-state index is -0.157. The minimum Gasteiger partial charge on any atom is -0.391 e. The lowest BCUT2D eigenvalue weighted by molar-refractivity contribution is 0.0365.